The van der Waals surface area contributed by atoms with Gasteiger partial charge in [-0.25, -0.2) is 0 Å². The number of aliphatic hydroxyl groups is 1. The topological polar surface area (TPSA) is 61.8 Å². The normalized spacial score (nSPS) is 12.7. The largest absolute Gasteiger partial charge is 0.382 e. The standard InChI is InChI=1S/C10H11N3O/c1-7-3-2-4-8(5-7)10(14)9-6-11-13-12-9/h2-6,10,14H,1H3,(H,11,12,13). The molecule has 4 nitrogen and oxygen atoms in total. The van der Waals surface area contributed by atoms with E-state index in [9.17, 15) is 5.11 Å². The monoisotopic (exact) mass is 189 g/mol. The van der Waals surface area contributed by atoms with Crippen molar-refractivity contribution in [3.05, 3.63) is 47.3 Å². The summed E-state index contributed by atoms with van der Waals surface area (Å²) in [5.41, 5.74) is 2.49. The molecule has 4 heteroatoms. The van der Waals surface area contributed by atoms with Crippen molar-refractivity contribution in [2.24, 2.45) is 0 Å². The van der Waals surface area contributed by atoms with Gasteiger partial charge in [0.2, 0.25) is 0 Å². The zero-order valence-electron chi connectivity index (χ0n) is 7.81. The quantitative estimate of drug-likeness (QED) is 0.746. The Morgan fingerprint density at radius 3 is 2.93 bits per heavy atom. The molecule has 1 aromatic heterocycles. The van der Waals surface area contributed by atoms with Crippen LogP contribution < -0.4 is 0 Å². The van der Waals surface area contributed by atoms with Gasteiger partial charge in [-0.05, 0) is 12.5 Å². The van der Waals surface area contributed by atoms with Crippen LogP contribution in [0.15, 0.2) is 30.5 Å². The zero-order valence-corrected chi connectivity index (χ0v) is 7.81. The van der Waals surface area contributed by atoms with Gasteiger partial charge in [-0.1, -0.05) is 29.8 Å². The summed E-state index contributed by atoms with van der Waals surface area (Å²) in [5.74, 6) is 0. The van der Waals surface area contributed by atoms with E-state index in [0.717, 1.165) is 11.1 Å². The second-order valence-corrected chi connectivity index (χ2v) is 3.21. The Morgan fingerprint density at radius 2 is 2.29 bits per heavy atom. The number of aryl methyl sites for hydroxylation is 1. The van der Waals surface area contributed by atoms with Gasteiger partial charge in [0.15, 0.2) is 0 Å². The molecule has 1 unspecified atom stereocenters. The summed E-state index contributed by atoms with van der Waals surface area (Å²) in [4.78, 5) is 0. The predicted molar refractivity (Wildman–Crippen MR) is 51.6 cm³/mol. The number of H-pyrrole nitrogens is 1. The van der Waals surface area contributed by atoms with E-state index in [-0.39, 0.29) is 0 Å². The SMILES string of the molecule is Cc1cccc(C(O)c2cn[nH]n2)c1. The Hall–Kier alpha value is -1.68. The number of aliphatic hydroxyl groups excluding tert-OH is 1. The number of hydrogen-bond donors (Lipinski definition) is 2. The molecule has 1 heterocycles. The van der Waals surface area contributed by atoms with Crippen molar-refractivity contribution in [2.75, 3.05) is 0 Å². The number of nitrogens with zero attached hydrogens (tertiary/aromatic N) is 2. The Labute approximate surface area is 81.6 Å². The van der Waals surface area contributed by atoms with Crippen molar-refractivity contribution in [3.63, 3.8) is 0 Å². The van der Waals surface area contributed by atoms with Gasteiger partial charge in [0.25, 0.3) is 0 Å². The van der Waals surface area contributed by atoms with Crippen molar-refractivity contribution in [2.45, 2.75) is 13.0 Å². The lowest BCUT2D eigenvalue weighted by Gasteiger charge is -2.07. The van der Waals surface area contributed by atoms with E-state index in [2.05, 4.69) is 15.4 Å². The van der Waals surface area contributed by atoms with Crippen LogP contribution in [0.25, 0.3) is 0 Å². The molecule has 0 aliphatic rings. The molecule has 0 saturated carbocycles. The molecule has 1 aromatic carbocycles. The fraction of sp³-hybridized carbons (Fsp3) is 0.200. The Kier molecular flexibility index (Phi) is 2.28. The second kappa shape index (κ2) is 3.59. The van der Waals surface area contributed by atoms with Gasteiger partial charge < -0.3 is 5.11 Å². The average molecular weight is 189 g/mol. The van der Waals surface area contributed by atoms with Crippen LogP contribution in [-0.2, 0) is 0 Å². The summed E-state index contributed by atoms with van der Waals surface area (Å²) in [6.45, 7) is 1.99. The molecule has 0 spiro atoms. The first-order valence-electron chi connectivity index (χ1n) is 4.37. The van der Waals surface area contributed by atoms with Crippen LogP contribution in [0.3, 0.4) is 0 Å². The summed E-state index contributed by atoms with van der Waals surface area (Å²) in [5, 5.41) is 19.8. The summed E-state index contributed by atoms with van der Waals surface area (Å²) < 4.78 is 0. The highest BCUT2D eigenvalue weighted by molar-refractivity contribution is 5.28. The average Bonchev–Trinajstić information content (AvgIpc) is 2.69. The molecule has 0 bridgehead atoms. The molecule has 2 rings (SSSR count). The van der Waals surface area contributed by atoms with Crippen LogP contribution in [0.2, 0.25) is 0 Å². The maximum absolute atomic E-state index is 9.88. The molecule has 0 radical (unpaired) electrons. The summed E-state index contributed by atoms with van der Waals surface area (Å²) in [7, 11) is 0. The van der Waals surface area contributed by atoms with Crippen molar-refractivity contribution in [1.29, 1.82) is 0 Å². The van der Waals surface area contributed by atoms with Gasteiger partial charge in [-0.2, -0.15) is 15.4 Å². The molecule has 0 saturated heterocycles. The lowest BCUT2D eigenvalue weighted by atomic mass is 10.1. The van der Waals surface area contributed by atoms with Gasteiger partial charge >= 0.3 is 0 Å². The molecule has 2 aromatic rings. The Balaban J connectivity index is 2.32. The highest BCUT2D eigenvalue weighted by Gasteiger charge is 2.12. The van der Waals surface area contributed by atoms with Crippen LogP contribution in [0.4, 0.5) is 0 Å². The van der Waals surface area contributed by atoms with Gasteiger partial charge in [0.05, 0.1) is 6.20 Å². The number of aromatic amines is 1. The molecular weight excluding hydrogens is 178 g/mol. The van der Waals surface area contributed by atoms with Crippen LogP contribution in [0.1, 0.15) is 22.9 Å². The third kappa shape index (κ3) is 1.65. The molecule has 14 heavy (non-hydrogen) atoms. The van der Waals surface area contributed by atoms with E-state index in [1.54, 1.807) is 0 Å². The van der Waals surface area contributed by atoms with E-state index in [1.165, 1.54) is 6.20 Å². The first-order valence-corrected chi connectivity index (χ1v) is 4.37. The van der Waals surface area contributed by atoms with Gasteiger partial charge in [-0.15, -0.1) is 0 Å². The van der Waals surface area contributed by atoms with Crippen molar-refractivity contribution < 1.29 is 5.11 Å². The first kappa shape index (κ1) is 8.90. The van der Waals surface area contributed by atoms with Gasteiger partial charge in [0, 0.05) is 0 Å². The summed E-state index contributed by atoms with van der Waals surface area (Å²) in [6, 6.07) is 7.69. The highest BCUT2D eigenvalue weighted by Crippen LogP contribution is 2.19. The molecule has 2 N–H and O–H groups in total. The molecule has 0 fully saturated rings. The zero-order chi connectivity index (χ0) is 9.97. The van der Waals surface area contributed by atoms with E-state index < -0.39 is 6.10 Å². The lowest BCUT2D eigenvalue weighted by Crippen LogP contribution is -2.00. The predicted octanol–water partition coefficient (Wildman–Crippen LogP) is 1.19. The molecule has 72 valence electrons. The van der Waals surface area contributed by atoms with Crippen molar-refractivity contribution >= 4 is 0 Å². The molecule has 0 aliphatic carbocycles. The smallest absolute Gasteiger partial charge is 0.124 e. The van der Waals surface area contributed by atoms with Crippen LogP contribution in [0, 0.1) is 6.92 Å². The van der Waals surface area contributed by atoms with E-state index in [0.29, 0.717) is 5.69 Å². The molecular formula is C10H11N3O. The second-order valence-electron chi connectivity index (χ2n) is 3.21. The number of benzene rings is 1. The van der Waals surface area contributed by atoms with Gasteiger partial charge in [0.1, 0.15) is 11.8 Å². The van der Waals surface area contributed by atoms with Crippen molar-refractivity contribution in [1.82, 2.24) is 15.4 Å². The Morgan fingerprint density at radius 1 is 1.43 bits per heavy atom. The fourth-order valence-corrected chi connectivity index (χ4v) is 1.35. The third-order valence-corrected chi connectivity index (χ3v) is 2.07. The number of nitrogens with one attached hydrogen (secondary N) is 1. The van der Waals surface area contributed by atoms with Crippen LogP contribution in [-0.4, -0.2) is 20.5 Å². The number of rotatable bonds is 2. The van der Waals surface area contributed by atoms with E-state index in [4.69, 9.17) is 0 Å². The third-order valence-electron chi connectivity index (χ3n) is 2.07. The number of hydrogen-bond acceptors (Lipinski definition) is 3. The minimum Gasteiger partial charge on any atom is -0.382 e. The van der Waals surface area contributed by atoms with Crippen LogP contribution in [0.5, 0.6) is 0 Å². The van der Waals surface area contributed by atoms with E-state index in [1.807, 2.05) is 31.2 Å². The molecule has 0 aliphatic heterocycles. The maximum Gasteiger partial charge on any atom is 0.124 e. The summed E-state index contributed by atoms with van der Waals surface area (Å²) >= 11 is 0. The highest BCUT2D eigenvalue weighted by atomic mass is 16.3. The van der Waals surface area contributed by atoms with Crippen molar-refractivity contribution in [3.8, 4) is 0 Å². The molecule has 0 amide bonds. The molecule has 1 atom stereocenters. The minimum absolute atomic E-state index is 0.538. The number of aromatic nitrogens is 3. The lowest BCUT2D eigenvalue weighted by molar-refractivity contribution is 0.215. The maximum atomic E-state index is 9.88. The van der Waals surface area contributed by atoms with Crippen LogP contribution >= 0.6 is 0 Å². The van der Waals surface area contributed by atoms with Gasteiger partial charge in [-0.3, -0.25) is 0 Å². The fourth-order valence-electron chi connectivity index (χ4n) is 1.35. The minimum atomic E-state index is -0.700. The Bertz CT molecular complexity index is 411. The first-order chi connectivity index (χ1) is 6.77. The van der Waals surface area contributed by atoms with E-state index >= 15 is 0 Å². The summed E-state index contributed by atoms with van der Waals surface area (Å²) in [6.07, 6.45) is 0.821.